The Morgan fingerprint density at radius 2 is 1.71 bits per heavy atom. The molecule has 0 unspecified atom stereocenters. The Balaban J connectivity index is 1.59. The first-order chi connectivity index (χ1) is 13.5. The molecule has 2 aromatic rings. The van der Waals surface area contributed by atoms with E-state index in [1.54, 1.807) is 24.3 Å². The third kappa shape index (κ3) is 4.24. The lowest BCUT2D eigenvalue weighted by atomic mass is 10.0. The van der Waals surface area contributed by atoms with Crippen LogP contribution in [0, 0.1) is 0 Å². The van der Waals surface area contributed by atoms with Crippen LogP contribution in [-0.2, 0) is 0 Å². The minimum Gasteiger partial charge on any atom is -0.488 e. The Morgan fingerprint density at radius 1 is 0.964 bits per heavy atom. The fourth-order valence-electron chi connectivity index (χ4n) is 3.73. The first-order valence-corrected chi connectivity index (χ1v) is 10.7. The SMILES string of the molecule is Clc1ccc(OC/C=C2\Oc3c(Cl)cc(Cl)cc3[C@@H]2N2CCCCC2)c(Cl)c1. The van der Waals surface area contributed by atoms with Gasteiger partial charge in [-0.05, 0) is 62.3 Å². The van der Waals surface area contributed by atoms with Crippen LogP contribution in [0.3, 0.4) is 0 Å². The second kappa shape index (κ2) is 8.73. The molecular weight excluding hydrogens is 440 g/mol. The van der Waals surface area contributed by atoms with Crippen molar-refractivity contribution in [1.29, 1.82) is 0 Å². The molecule has 0 amide bonds. The molecular formula is C21H19Cl4NO2. The molecule has 2 aliphatic heterocycles. The van der Waals surface area contributed by atoms with Crippen LogP contribution >= 0.6 is 46.4 Å². The van der Waals surface area contributed by atoms with Crippen LogP contribution in [0.2, 0.25) is 20.1 Å². The molecule has 148 valence electrons. The molecule has 0 spiro atoms. The van der Waals surface area contributed by atoms with Crippen molar-refractivity contribution in [3.63, 3.8) is 0 Å². The lowest BCUT2D eigenvalue weighted by molar-refractivity contribution is 0.170. The molecule has 3 nitrogen and oxygen atoms in total. The maximum Gasteiger partial charge on any atom is 0.150 e. The summed E-state index contributed by atoms with van der Waals surface area (Å²) in [6, 6.07) is 8.81. The molecule has 2 aliphatic rings. The van der Waals surface area contributed by atoms with Gasteiger partial charge in [0.25, 0.3) is 0 Å². The number of halogens is 4. The molecule has 2 heterocycles. The van der Waals surface area contributed by atoms with Crippen LogP contribution < -0.4 is 9.47 Å². The molecule has 1 saturated heterocycles. The molecule has 2 aromatic carbocycles. The highest BCUT2D eigenvalue weighted by atomic mass is 35.5. The maximum atomic E-state index is 6.39. The van der Waals surface area contributed by atoms with Gasteiger partial charge in [-0.15, -0.1) is 0 Å². The zero-order valence-corrected chi connectivity index (χ0v) is 18.1. The van der Waals surface area contributed by atoms with Gasteiger partial charge in [0, 0.05) is 15.6 Å². The summed E-state index contributed by atoms with van der Waals surface area (Å²) in [5, 5.41) is 2.18. The second-order valence-electron chi connectivity index (χ2n) is 6.90. The Labute approximate surface area is 184 Å². The highest BCUT2D eigenvalue weighted by molar-refractivity contribution is 6.36. The molecule has 4 rings (SSSR count). The van der Waals surface area contributed by atoms with Crippen LogP contribution in [-0.4, -0.2) is 24.6 Å². The van der Waals surface area contributed by atoms with Crippen LogP contribution in [0.15, 0.2) is 42.2 Å². The van der Waals surface area contributed by atoms with Crippen molar-refractivity contribution in [2.24, 2.45) is 0 Å². The molecule has 0 N–H and O–H groups in total. The Bertz CT molecular complexity index is 910. The fourth-order valence-corrected chi connectivity index (χ4v) is 4.74. The van der Waals surface area contributed by atoms with Gasteiger partial charge in [-0.25, -0.2) is 0 Å². The van der Waals surface area contributed by atoms with Gasteiger partial charge >= 0.3 is 0 Å². The summed E-state index contributed by atoms with van der Waals surface area (Å²) in [5.41, 5.74) is 1.01. The Hall–Kier alpha value is -1.10. The van der Waals surface area contributed by atoms with Gasteiger partial charge in [-0.1, -0.05) is 52.8 Å². The summed E-state index contributed by atoms with van der Waals surface area (Å²) in [4.78, 5) is 2.42. The molecule has 0 aromatic heterocycles. The average molecular weight is 459 g/mol. The highest BCUT2D eigenvalue weighted by Crippen LogP contribution is 2.48. The van der Waals surface area contributed by atoms with E-state index in [1.807, 2.05) is 12.1 Å². The fraction of sp³-hybridized carbons (Fsp3) is 0.333. The number of fused-ring (bicyclic) bond motifs is 1. The van der Waals surface area contributed by atoms with E-state index in [0.717, 1.165) is 24.4 Å². The average Bonchev–Trinajstić information content (AvgIpc) is 3.03. The first-order valence-electron chi connectivity index (χ1n) is 9.21. The minimum atomic E-state index is -0.00390. The Kier molecular flexibility index (Phi) is 6.29. The second-order valence-corrected chi connectivity index (χ2v) is 8.59. The largest absolute Gasteiger partial charge is 0.488 e. The van der Waals surface area contributed by atoms with Crippen LogP contribution in [0.1, 0.15) is 30.9 Å². The van der Waals surface area contributed by atoms with Crippen molar-refractivity contribution in [2.45, 2.75) is 25.3 Å². The number of piperidine rings is 1. The number of nitrogens with zero attached hydrogens (tertiary/aromatic N) is 1. The summed E-state index contributed by atoms with van der Waals surface area (Å²) >= 11 is 24.8. The molecule has 0 bridgehead atoms. The normalized spacial score (nSPS) is 20.9. The van der Waals surface area contributed by atoms with Crippen molar-refractivity contribution >= 4 is 46.4 Å². The zero-order valence-electron chi connectivity index (χ0n) is 15.1. The molecule has 0 aliphatic carbocycles. The number of likely N-dealkylation sites (tertiary alicyclic amines) is 1. The summed E-state index contributed by atoms with van der Waals surface area (Å²) in [6.07, 6.45) is 5.54. The van der Waals surface area contributed by atoms with Crippen LogP contribution in [0.25, 0.3) is 0 Å². The smallest absolute Gasteiger partial charge is 0.150 e. The third-order valence-corrected chi connectivity index (χ3v) is 6.02. The van der Waals surface area contributed by atoms with Crippen molar-refractivity contribution < 1.29 is 9.47 Å². The van der Waals surface area contributed by atoms with Gasteiger partial charge in [-0.3, -0.25) is 4.90 Å². The highest BCUT2D eigenvalue weighted by Gasteiger charge is 2.36. The van der Waals surface area contributed by atoms with Gasteiger partial charge in [0.1, 0.15) is 18.1 Å². The van der Waals surface area contributed by atoms with E-state index in [2.05, 4.69) is 4.90 Å². The molecule has 28 heavy (non-hydrogen) atoms. The van der Waals surface area contributed by atoms with Gasteiger partial charge < -0.3 is 9.47 Å². The van der Waals surface area contributed by atoms with E-state index in [0.29, 0.717) is 38.2 Å². The minimum absolute atomic E-state index is 0.00390. The predicted octanol–water partition coefficient (Wildman–Crippen LogP) is 7.18. The standard InChI is InChI=1S/C21H19Cl4NO2/c22-13-4-5-18(16(24)11-13)27-9-6-19-20(26-7-2-1-3-8-26)15-10-14(23)12-17(25)21(15)28-19/h4-6,10-12,20H,1-3,7-9H2/b19-6-/t20-/m0/s1. The summed E-state index contributed by atoms with van der Waals surface area (Å²) < 4.78 is 12.0. The van der Waals surface area contributed by atoms with Crippen molar-refractivity contribution in [3.05, 3.63) is 67.8 Å². The van der Waals surface area contributed by atoms with Gasteiger partial charge in [0.15, 0.2) is 5.75 Å². The number of hydrogen-bond donors (Lipinski definition) is 0. The van der Waals surface area contributed by atoms with E-state index in [-0.39, 0.29) is 6.04 Å². The molecule has 0 saturated carbocycles. The quantitative estimate of drug-likeness (QED) is 0.484. The third-order valence-electron chi connectivity index (χ3n) is 4.99. The molecule has 1 atom stereocenters. The Morgan fingerprint density at radius 3 is 2.46 bits per heavy atom. The number of ether oxygens (including phenoxy) is 2. The molecule has 0 radical (unpaired) electrons. The topological polar surface area (TPSA) is 21.7 Å². The van der Waals surface area contributed by atoms with E-state index in [4.69, 9.17) is 55.9 Å². The molecule has 7 heteroatoms. The van der Waals surface area contributed by atoms with Gasteiger partial charge in [-0.2, -0.15) is 0 Å². The lowest BCUT2D eigenvalue weighted by Crippen LogP contribution is -2.34. The summed E-state index contributed by atoms with van der Waals surface area (Å²) in [7, 11) is 0. The van der Waals surface area contributed by atoms with Crippen molar-refractivity contribution in [2.75, 3.05) is 19.7 Å². The van der Waals surface area contributed by atoms with E-state index in [9.17, 15) is 0 Å². The zero-order chi connectivity index (χ0) is 19.7. The van der Waals surface area contributed by atoms with Gasteiger partial charge in [0.2, 0.25) is 0 Å². The molecule has 1 fully saturated rings. The van der Waals surface area contributed by atoms with E-state index in [1.165, 1.54) is 19.3 Å². The van der Waals surface area contributed by atoms with E-state index >= 15 is 0 Å². The number of rotatable bonds is 4. The van der Waals surface area contributed by atoms with Crippen molar-refractivity contribution in [3.8, 4) is 11.5 Å². The monoisotopic (exact) mass is 457 g/mol. The summed E-state index contributed by atoms with van der Waals surface area (Å²) in [5.74, 6) is 2.07. The number of hydrogen-bond acceptors (Lipinski definition) is 3. The first kappa shape index (κ1) is 20.2. The van der Waals surface area contributed by atoms with E-state index < -0.39 is 0 Å². The van der Waals surface area contributed by atoms with Gasteiger partial charge in [0.05, 0.1) is 16.1 Å². The van der Waals surface area contributed by atoms with Crippen LogP contribution in [0.4, 0.5) is 0 Å². The number of benzene rings is 2. The van der Waals surface area contributed by atoms with Crippen molar-refractivity contribution in [1.82, 2.24) is 4.90 Å². The maximum absolute atomic E-state index is 6.39. The lowest BCUT2D eigenvalue weighted by Gasteiger charge is -2.32. The van der Waals surface area contributed by atoms with Crippen LogP contribution in [0.5, 0.6) is 11.5 Å². The predicted molar refractivity (Wildman–Crippen MR) is 115 cm³/mol. The summed E-state index contributed by atoms with van der Waals surface area (Å²) in [6.45, 7) is 2.35.